The third-order valence-electron chi connectivity index (χ3n) is 5.17. The largest absolute Gasteiger partial charge is 0.493 e. The topological polar surface area (TPSA) is 21.3 Å². The number of hydrogen-bond donors (Lipinski definition) is 1. The summed E-state index contributed by atoms with van der Waals surface area (Å²) in [6.07, 6.45) is 4.42. The lowest BCUT2D eigenvalue weighted by atomic mass is 9.88. The molecule has 146 valence electrons. The summed E-state index contributed by atoms with van der Waals surface area (Å²) in [5.41, 5.74) is 3.13. The Morgan fingerprint density at radius 1 is 1.22 bits per heavy atom. The monoisotopic (exact) mass is 451 g/mol. The van der Waals surface area contributed by atoms with Gasteiger partial charge in [-0.1, -0.05) is 49.4 Å². The Morgan fingerprint density at radius 2 is 1.89 bits per heavy atom. The van der Waals surface area contributed by atoms with Gasteiger partial charge in [0.05, 0.1) is 6.61 Å². The summed E-state index contributed by atoms with van der Waals surface area (Å²) in [6.45, 7) is 6.01. The fourth-order valence-corrected chi connectivity index (χ4v) is 4.61. The number of fused-ring (bicyclic) bond motifs is 1. The normalized spacial score (nSPS) is 14.4. The Hall–Kier alpha value is -0.960. The van der Waals surface area contributed by atoms with Gasteiger partial charge in [0, 0.05) is 15.3 Å². The van der Waals surface area contributed by atoms with Gasteiger partial charge >= 0.3 is 0 Å². The molecule has 0 radical (unpaired) electrons. The molecule has 0 saturated carbocycles. The SMILES string of the molecule is CC(C)(CC1Cc2ccccc2C1)NCCCOc1cc(Br)cc(F)c1P. The minimum absolute atomic E-state index is 0.0976. The van der Waals surface area contributed by atoms with Crippen LogP contribution in [0.3, 0.4) is 0 Å². The Labute approximate surface area is 172 Å². The number of halogens is 2. The number of ether oxygens (including phenoxy) is 1. The highest BCUT2D eigenvalue weighted by atomic mass is 79.9. The molecule has 0 aliphatic heterocycles. The van der Waals surface area contributed by atoms with Gasteiger partial charge in [0.2, 0.25) is 0 Å². The number of hydrogen-bond acceptors (Lipinski definition) is 2. The van der Waals surface area contributed by atoms with E-state index in [9.17, 15) is 4.39 Å². The second-order valence-electron chi connectivity index (χ2n) is 8.06. The lowest BCUT2D eigenvalue weighted by Crippen LogP contribution is -2.42. The number of benzene rings is 2. The van der Waals surface area contributed by atoms with Crippen molar-refractivity contribution in [1.29, 1.82) is 0 Å². The van der Waals surface area contributed by atoms with E-state index >= 15 is 0 Å². The van der Waals surface area contributed by atoms with Gasteiger partial charge in [0.25, 0.3) is 0 Å². The lowest BCUT2D eigenvalue weighted by Gasteiger charge is -2.29. The predicted octanol–water partition coefficient (Wildman–Crippen LogP) is 5.03. The standard InChI is InChI=1S/C22H28BrFNOP/c1-22(2,14-15-10-16-6-3-4-7-17(16)11-15)25-8-5-9-26-20-13-18(23)12-19(24)21(20)27/h3-4,6-7,12-13,15,25H,5,8-11,14,27H2,1-2H3. The highest BCUT2D eigenvalue weighted by molar-refractivity contribution is 9.10. The van der Waals surface area contributed by atoms with Crippen molar-refractivity contribution in [2.75, 3.05) is 13.2 Å². The molecule has 5 heteroatoms. The zero-order chi connectivity index (χ0) is 19.4. The Bertz CT molecular complexity index is 771. The maximum absolute atomic E-state index is 13.7. The first-order valence-electron chi connectivity index (χ1n) is 9.53. The second-order valence-corrected chi connectivity index (χ2v) is 9.55. The molecule has 1 unspecified atom stereocenters. The third-order valence-corrected chi connectivity index (χ3v) is 6.19. The van der Waals surface area contributed by atoms with Crippen LogP contribution >= 0.6 is 25.2 Å². The van der Waals surface area contributed by atoms with Gasteiger partial charge in [-0.05, 0) is 75.3 Å². The number of nitrogens with one attached hydrogen (secondary N) is 1. The maximum Gasteiger partial charge on any atom is 0.135 e. The molecule has 0 fully saturated rings. The van der Waals surface area contributed by atoms with Gasteiger partial charge in [-0.15, -0.1) is 0 Å². The van der Waals surface area contributed by atoms with Gasteiger partial charge in [0.1, 0.15) is 11.6 Å². The van der Waals surface area contributed by atoms with Crippen LogP contribution in [-0.2, 0) is 12.8 Å². The van der Waals surface area contributed by atoms with E-state index in [1.165, 1.54) is 30.0 Å². The molecular weight excluding hydrogens is 424 g/mol. The average Bonchev–Trinajstić information content (AvgIpc) is 2.99. The van der Waals surface area contributed by atoms with Gasteiger partial charge in [-0.3, -0.25) is 0 Å². The van der Waals surface area contributed by atoms with E-state index in [0.717, 1.165) is 19.4 Å². The molecule has 1 N–H and O–H groups in total. The molecule has 1 aliphatic rings. The number of rotatable bonds is 8. The lowest BCUT2D eigenvalue weighted by molar-refractivity contribution is 0.273. The minimum atomic E-state index is -0.277. The molecule has 0 aromatic heterocycles. The zero-order valence-corrected chi connectivity index (χ0v) is 18.8. The highest BCUT2D eigenvalue weighted by Crippen LogP contribution is 2.31. The van der Waals surface area contributed by atoms with Gasteiger partial charge in [-0.25, -0.2) is 4.39 Å². The van der Waals surface area contributed by atoms with Crippen LogP contribution in [0.4, 0.5) is 4.39 Å². The summed E-state index contributed by atoms with van der Waals surface area (Å²) >= 11 is 3.31. The van der Waals surface area contributed by atoms with Crippen molar-refractivity contribution < 1.29 is 9.13 Å². The smallest absolute Gasteiger partial charge is 0.135 e. The maximum atomic E-state index is 13.7. The molecule has 1 atom stereocenters. The van der Waals surface area contributed by atoms with E-state index in [-0.39, 0.29) is 11.4 Å². The predicted molar refractivity (Wildman–Crippen MR) is 118 cm³/mol. The van der Waals surface area contributed by atoms with Crippen LogP contribution in [0.15, 0.2) is 40.9 Å². The Kier molecular flexibility index (Phi) is 6.94. The molecule has 0 saturated heterocycles. The molecule has 0 bridgehead atoms. The van der Waals surface area contributed by atoms with Crippen LogP contribution in [0.5, 0.6) is 5.75 Å². The zero-order valence-electron chi connectivity index (χ0n) is 16.0. The van der Waals surface area contributed by atoms with Crippen molar-refractivity contribution in [3.8, 4) is 5.75 Å². The fraction of sp³-hybridized carbons (Fsp3) is 0.455. The summed E-state index contributed by atoms with van der Waals surface area (Å²) in [4.78, 5) is 0. The van der Waals surface area contributed by atoms with Crippen molar-refractivity contribution in [3.63, 3.8) is 0 Å². The highest BCUT2D eigenvalue weighted by Gasteiger charge is 2.27. The first kappa shape index (κ1) is 20.8. The van der Waals surface area contributed by atoms with Crippen molar-refractivity contribution in [1.82, 2.24) is 5.32 Å². The van der Waals surface area contributed by atoms with E-state index < -0.39 is 0 Å². The van der Waals surface area contributed by atoms with Gasteiger partial charge in [0.15, 0.2) is 0 Å². The van der Waals surface area contributed by atoms with Crippen molar-refractivity contribution >= 4 is 30.5 Å². The molecule has 1 aliphatic carbocycles. The molecule has 2 aromatic carbocycles. The first-order valence-corrected chi connectivity index (χ1v) is 10.9. The summed E-state index contributed by atoms with van der Waals surface area (Å²) < 4.78 is 20.2. The van der Waals surface area contributed by atoms with Gasteiger partial charge < -0.3 is 10.1 Å². The van der Waals surface area contributed by atoms with E-state index in [1.807, 2.05) is 0 Å². The molecule has 0 amide bonds. The minimum Gasteiger partial charge on any atom is -0.493 e. The second kappa shape index (κ2) is 9.03. The molecule has 3 rings (SSSR count). The van der Waals surface area contributed by atoms with Crippen LogP contribution < -0.4 is 15.4 Å². The van der Waals surface area contributed by atoms with Gasteiger partial charge in [-0.2, -0.15) is 0 Å². The van der Waals surface area contributed by atoms with Crippen LogP contribution in [0.25, 0.3) is 0 Å². The third kappa shape index (κ3) is 5.76. The molecule has 0 spiro atoms. The van der Waals surface area contributed by atoms with E-state index in [1.54, 1.807) is 6.07 Å². The molecule has 27 heavy (non-hydrogen) atoms. The Morgan fingerprint density at radius 3 is 2.56 bits per heavy atom. The molecule has 2 nitrogen and oxygen atoms in total. The molecule has 0 heterocycles. The summed E-state index contributed by atoms with van der Waals surface area (Å²) in [5, 5.41) is 4.15. The van der Waals surface area contributed by atoms with Crippen molar-refractivity contribution in [2.45, 2.75) is 45.1 Å². The summed E-state index contributed by atoms with van der Waals surface area (Å²) in [7, 11) is 2.41. The van der Waals surface area contributed by atoms with Crippen LogP contribution in [-0.4, -0.2) is 18.7 Å². The quantitative estimate of drug-likeness (QED) is 0.448. The van der Waals surface area contributed by atoms with E-state index in [4.69, 9.17) is 4.74 Å². The van der Waals surface area contributed by atoms with Crippen molar-refractivity contribution in [2.24, 2.45) is 5.92 Å². The van der Waals surface area contributed by atoms with Crippen LogP contribution in [0.1, 0.15) is 37.8 Å². The van der Waals surface area contributed by atoms with Crippen LogP contribution in [0, 0.1) is 11.7 Å². The van der Waals surface area contributed by atoms with E-state index in [2.05, 4.69) is 68.6 Å². The molecule has 2 aromatic rings. The van der Waals surface area contributed by atoms with Crippen LogP contribution in [0.2, 0.25) is 0 Å². The summed E-state index contributed by atoms with van der Waals surface area (Å²) in [5.74, 6) is 1.02. The Balaban J connectivity index is 1.40. The fourth-order valence-electron chi connectivity index (χ4n) is 3.95. The van der Waals surface area contributed by atoms with E-state index in [0.29, 0.717) is 28.1 Å². The average molecular weight is 452 g/mol. The first-order chi connectivity index (χ1) is 12.8. The summed E-state index contributed by atoms with van der Waals surface area (Å²) in [6, 6.07) is 12.1. The van der Waals surface area contributed by atoms with Crippen molar-refractivity contribution in [3.05, 3.63) is 57.8 Å². The molecular formula is C22H28BrFNOP.